The number of aromatic nitrogens is 1. The molecule has 28 heavy (non-hydrogen) atoms. The number of nitrogens with zero attached hydrogens (tertiary/aromatic N) is 2. The van der Waals surface area contributed by atoms with Gasteiger partial charge in [-0.15, -0.1) is 0 Å². The van der Waals surface area contributed by atoms with Gasteiger partial charge in [0.2, 0.25) is 11.8 Å². The molecule has 0 bridgehead atoms. The topological polar surface area (TPSA) is 71.5 Å². The van der Waals surface area contributed by atoms with Crippen molar-refractivity contribution < 1.29 is 14.3 Å². The van der Waals surface area contributed by atoms with Crippen molar-refractivity contribution >= 4 is 11.8 Å². The number of hydrogen-bond donors (Lipinski definition) is 1. The minimum Gasteiger partial charge on any atom is -0.497 e. The first kappa shape index (κ1) is 19.9. The van der Waals surface area contributed by atoms with Crippen molar-refractivity contribution in [3.05, 3.63) is 59.9 Å². The van der Waals surface area contributed by atoms with Crippen LogP contribution in [0.4, 0.5) is 0 Å². The van der Waals surface area contributed by atoms with Crippen LogP contribution in [0.5, 0.6) is 5.75 Å². The molecule has 2 heterocycles. The van der Waals surface area contributed by atoms with Crippen LogP contribution in [-0.4, -0.2) is 48.4 Å². The second-order valence-corrected chi connectivity index (χ2v) is 7.07. The van der Waals surface area contributed by atoms with E-state index in [-0.39, 0.29) is 17.7 Å². The van der Waals surface area contributed by atoms with E-state index >= 15 is 0 Å². The molecule has 1 fully saturated rings. The monoisotopic (exact) mass is 381 g/mol. The molecule has 1 atom stereocenters. The van der Waals surface area contributed by atoms with Crippen LogP contribution in [0, 0.1) is 5.92 Å². The van der Waals surface area contributed by atoms with Crippen LogP contribution in [0.25, 0.3) is 0 Å². The number of ether oxygens (including phenoxy) is 1. The fourth-order valence-corrected chi connectivity index (χ4v) is 3.43. The summed E-state index contributed by atoms with van der Waals surface area (Å²) in [6, 6.07) is 11.8. The fourth-order valence-electron chi connectivity index (χ4n) is 3.43. The van der Waals surface area contributed by atoms with Gasteiger partial charge in [-0.2, -0.15) is 0 Å². The van der Waals surface area contributed by atoms with Crippen LogP contribution in [-0.2, 0) is 22.4 Å². The van der Waals surface area contributed by atoms with Gasteiger partial charge in [-0.25, -0.2) is 0 Å². The zero-order chi connectivity index (χ0) is 19.8. The number of methoxy groups -OCH3 is 1. The van der Waals surface area contributed by atoms with Crippen LogP contribution >= 0.6 is 0 Å². The molecule has 1 aliphatic heterocycles. The van der Waals surface area contributed by atoms with E-state index in [0.717, 1.165) is 29.7 Å². The third-order valence-corrected chi connectivity index (χ3v) is 5.16. The number of rotatable bonds is 8. The molecule has 0 aliphatic carbocycles. The van der Waals surface area contributed by atoms with Crippen molar-refractivity contribution in [3.63, 3.8) is 0 Å². The molecule has 1 aromatic carbocycles. The molecule has 1 aliphatic rings. The lowest BCUT2D eigenvalue weighted by molar-refractivity contribution is -0.138. The Labute approximate surface area is 165 Å². The number of carbonyl (C=O) groups excluding carboxylic acids is 2. The van der Waals surface area contributed by atoms with Crippen molar-refractivity contribution in [1.29, 1.82) is 0 Å². The molecule has 2 aromatic rings. The highest BCUT2D eigenvalue weighted by molar-refractivity contribution is 5.83. The van der Waals surface area contributed by atoms with Gasteiger partial charge < -0.3 is 15.0 Å². The summed E-state index contributed by atoms with van der Waals surface area (Å²) in [5, 5.41) is 3.01. The van der Waals surface area contributed by atoms with Crippen LogP contribution in [0.3, 0.4) is 0 Å². The van der Waals surface area contributed by atoms with Crippen molar-refractivity contribution in [3.8, 4) is 5.75 Å². The fraction of sp³-hybridized carbons (Fsp3) is 0.409. The third kappa shape index (κ3) is 5.55. The van der Waals surface area contributed by atoms with Crippen molar-refractivity contribution in [1.82, 2.24) is 15.2 Å². The molecule has 6 heteroatoms. The smallest absolute Gasteiger partial charge is 0.224 e. The first-order chi connectivity index (χ1) is 13.7. The van der Waals surface area contributed by atoms with Gasteiger partial charge in [-0.1, -0.05) is 12.1 Å². The summed E-state index contributed by atoms with van der Waals surface area (Å²) in [5.74, 6) is 0.859. The van der Waals surface area contributed by atoms with Gasteiger partial charge in [0.25, 0.3) is 0 Å². The lowest BCUT2D eigenvalue weighted by atomic mass is 9.96. The quantitative estimate of drug-likeness (QED) is 0.761. The molecule has 3 rings (SSSR count). The third-order valence-electron chi connectivity index (χ3n) is 5.16. The molecule has 0 radical (unpaired) electrons. The molecule has 1 N–H and O–H groups in total. The molecule has 1 aromatic heterocycles. The summed E-state index contributed by atoms with van der Waals surface area (Å²) in [7, 11) is 1.64. The van der Waals surface area contributed by atoms with Crippen LogP contribution in [0.15, 0.2) is 48.8 Å². The van der Waals surface area contributed by atoms with Gasteiger partial charge in [0.05, 0.1) is 13.0 Å². The zero-order valence-corrected chi connectivity index (χ0v) is 16.3. The number of likely N-dealkylation sites (tertiary alicyclic amines) is 1. The average Bonchev–Trinajstić information content (AvgIpc) is 2.74. The molecule has 0 saturated carbocycles. The van der Waals surface area contributed by atoms with Gasteiger partial charge in [-0.3, -0.25) is 14.6 Å². The van der Waals surface area contributed by atoms with Crippen molar-refractivity contribution in [2.45, 2.75) is 25.7 Å². The van der Waals surface area contributed by atoms with E-state index in [1.165, 1.54) is 0 Å². The van der Waals surface area contributed by atoms with Gasteiger partial charge in [0.15, 0.2) is 0 Å². The number of benzene rings is 1. The predicted molar refractivity (Wildman–Crippen MR) is 107 cm³/mol. The van der Waals surface area contributed by atoms with Gasteiger partial charge in [-0.05, 0) is 54.7 Å². The summed E-state index contributed by atoms with van der Waals surface area (Å²) in [6.07, 6.45) is 6.12. The van der Waals surface area contributed by atoms with Crippen LogP contribution in [0.2, 0.25) is 0 Å². The maximum atomic E-state index is 12.5. The Morgan fingerprint density at radius 2 is 1.86 bits per heavy atom. The Hall–Kier alpha value is -2.89. The second kappa shape index (κ2) is 9.88. The predicted octanol–water partition coefficient (Wildman–Crippen LogP) is 2.23. The van der Waals surface area contributed by atoms with Gasteiger partial charge in [0.1, 0.15) is 5.75 Å². The van der Waals surface area contributed by atoms with E-state index in [1.54, 1.807) is 19.5 Å². The zero-order valence-electron chi connectivity index (χ0n) is 16.3. The number of carbonyl (C=O) groups is 2. The molecule has 148 valence electrons. The highest BCUT2D eigenvalue weighted by atomic mass is 16.5. The second-order valence-electron chi connectivity index (χ2n) is 7.07. The molecule has 0 spiro atoms. The number of nitrogens with one attached hydrogen (secondary N) is 1. The van der Waals surface area contributed by atoms with E-state index in [9.17, 15) is 9.59 Å². The molecule has 1 saturated heterocycles. The van der Waals surface area contributed by atoms with Crippen LogP contribution < -0.4 is 10.1 Å². The summed E-state index contributed by atoms with van der Waals surface area (Å²) < 4.78 is 5.17. The SMILES string of the molecule is COc1ccc(CCN2C[C@H](C(=O)NCCc3ccncc3)CCC2=O)cc1. The molecular weight excluding hydrogens is 354 g/mol. The van der Waals surface area contributed by atoms with E-state index < -0.39 is 0 Å². The Balaban J connectivity index is 1.46. The lowest BCUT2D eigenvalue weighted by Gasteiger charge is -2.32. The van der Waals surface area contributed by atoms with Crippen LogP contribution in [0.1, 0.15) is 24.0 Å². The summed E-state index contributed by atoms with van der Waals surface area (Å²) in [4.78, 5) is 30.6. The Bertz CT molecular complexity index is 777. The van der Waals surface area contributed by atoms with E-state index in [0.29, 0.717) is 32.5 Å². The first-order valence-electron chi connectivity index (χ1n) is 9.73. The maximum Gasteiger partial charge on any atom is 0.224 e. The Morgan fingerprint density at radius 1 is 1.14 bits per heavy atom. The summed E-state index contributed by atoms with van der Waals surface area (Å²) in [6.45, 7) is 1.72. The summed E-state index contributed by atoms with van der Waals surface area (Å²) >= 11 is 0. The number of hydrogen-bond acceptors (Lipinski definition) is 4. The van der Waals surface area contributed by atoms with Gasteiger partial charge in [0, 0.05) is 38.4 Å². The van der Waals surface area contributed by atoms with Crippen molar-refractivity contribution in [2.24, 2.45) is 5.92 Å². The minimum absolute atomic E-state index is 0.0380. The largest absolute Gasteiger partial charge is 0.497 e. The molecule has 0 unspecified atom stereocenters. The first-order valence-corrected chi connectivity index (χ1v) is 9.73. The number of pyridine rings is 1. The van der Waals surface area contributed by atoms with E-state index in [4.69, 9.17) is 4.74 Å². The highest BCUT2D eigenvalue weighted by Gasteiger charge is 2.29. The normalized spacial score (nSPS) is 16.7. The number of amides is 2. The maximum absolute atomic E-state index is 12.5. The summed E-state index contributed by atoms with van der Waals surface area (Å²) in [5.41, 5.74) is 2.30. The van der Waals surface area contributed by atoms with Crippen molar-refractivity contribution in [2.75, 3.05) is 26.7 Å². The average molecular weight is 381 g/mol. The van der Waals surface area contributed by atoms with E-state index in [2.05, 4.69) is 10.3 Å². The molecule has 6 nitrogen and oxygen atoms in total. The van der Waals surface area contributed by atoms with Gasteiger partial charge >= 0.3 is 0 Å². The Kier molecular flexibility index (Phi) is 7.00. The highest BCUT2D eigenvalue weighted by Crippen LogP contribution is 2.19. The lowest BCUT2D eigenvalue weighted by Crippen LogP contribution is -2.46. The standard InChI is InChI=1S/C22H27N3O3/c1-28-20-5-2-17(3-6-20)11-15-25-16-19(4-7-21(25)26)22(27)24-14-10-18-8-12-23-13-9-18/h2-3,5-6,8-9,12-13,19H,4,7,10-11,14-16H2,1H3,(H,24,27)/t19-/m1/s1. The Morgan fingerprint density at radius 3 is 2.57 bits per heavy atom. The number of piperidine rings is 1. The minimum atomic E-state index is -0.133. The molecular formula is C22H27N3O3. The van der Waals surface area contributed by atoms with E-state index in [1.807, 2.05) is 41.3 Å². The molecule has 2 amide bonds.